The van der Waals surface area contributed by atoms with Gasteiger partial charge in [0.25, 0.3) is 0 Å². The van der Waals surface area contributed by atoms with Gasteiger partial charge in [-0.2, -0.15) is 0 Å². The molecule has 2 aromatic rings. The first-order chi connectivity index (χ1) is 6.81. The molecule has 14 heavy (non-hydrogen) atoms. The average Bonchev–Trinajstić information content (AvgIpc) is 2.62. The van der Waals surface area contributed by atoms with E-state index in [9.17, 15) is 4.79 Å². The van der Waals surface area contributed by atoms with Gasteiger partial charge in [0.15, 0.2) is 23.0 Å². The molecule has 0 saturated carbocycles. The highest BCUT2D eigenvalue weighted by Crippen LogP contribution is 2.08. The zero-order valence-corrected chi connectivity index (χ0v) is 8.91. The van der Waals surface area contributed by atoms with Gasteiger partial charge in [-0.1, -0.05) is 17.0 Å². The third-order valence-electron chi connectivity index (χ3n) is 1.55. The van der Waals surface area contributed by atoms with Crippen LogP contribution in [0, 0.1) is 0 Å². The predicted molar refractivity (Wildman–Crippen MR) is 54.6 cm³/mol. The molecule has 72 valence electrons. The number of carbonyl (C=O) groups is 1. The van der Waals surface area contributed by atoms with Crippen molar-refractivity contribution in [2.24, 2.45) is 0 Å². The molecule has 0 aliphatic heterocycles. The number of para-hydroxylation sites is 1. The number of hydrogen-bond donors (Lipinski definition) is 0. The molecule has 0 fully saturated rings. The largest absolute Gasteiger partial charge is 0.545 e. The second kappa shape index (κ2) is 3.78. The molecule has 0 aliphatic carbocycles. The number of aromatic nitrogens is 3. The highest BCUT2D eigenvalue weighted by molar-refractivity contribution is 14.1. The van der Waals surface area contributed by atoms with Crippen LogP contribution >= 0.6 is 23.0 Å². The number of carbonyl (C=O) groups excluding carboxylic acids is 1. The fourth-order valence-electron chi connectivity index (χ4n) is 1.000. The molecular formula is C7H4IN3O3. The van der Waals surface area contributed by atoms with Gasteiger partial charge in [-0.05, 0) is 17.3 Å². The summed E-state index contributed by atoms with van der Waals surface area (Å²) in [5, 5.41) is 7.41. The summed E-state index contributed by atoms with van der Waals surface area (Å²) in [4.78, 5) is 16.5. The molecule has 0 atom stereocenters. The molecule has 6 nitrogen and oxygen atoms in total. The van der Waals surface area contributed by atoms with Crippen LogP contribution in [0.5, 0.6) is 0 Å². The maximum absolute atomic E-state index is 10.8. The number of rotatable bonds is 1. The van der Waals surface area contributed by atoms with Crippen molar-refractivity contribution in [1.29, 1.82) is 0 Å². The van der Waals surface area contributed by atoms with Crippen molar-refractivity contribution in [3.05, 3.63) is 24.3 Å². The van der Waals surface area contributed by atoms with Crippen LogP contribution in [0.1, 0.15) is 0 Å². The highest BCUT2D eigenvalue weighted by atomic mass is 127. The molecule has 0 saturated heterocycles. The Balaban J connectivity index is 2.38. The highest BCUT2D eigenvalue weighted by Gasteiger charge is 2.09. The molecule has 1 heterocycles. The Morgan fingerprint density at radius 1 is 1.43 bits per heavy atom. The quantitative estimate of drug-likeness (QED) is 0.588. The Hall–Kier alpha value is -1.38. The van der Waals surface area contributed by atoms with Crippen LogP contribution in [0.15, 0.2) is 24.3 Å². The SMILES string of the molecule is O=C(OI)On1nnc2ccccc21. The zero-order valence-electron chi connectivity index (χ0n) is 6.75. The molecule has 0 N–H and O–H groups in total. The minimum absolute atomic E-state index is 0.606. The van der Waals surface area contributed by atoms with E-state index in [-0.39, 0.29) is 0 Å². The smallest absolute Gasteiger partial charge is 0.362 e. The lowest BCUT2D eigenvalue weighted by Gasteiger charge is -1.98. The second-order valence-electron chi connectivity index (χ2n) is 2.37. The number of fused-ring (bicyclic) bond motifs is 1. The summed E-state index contributed by atoms with van der Waals surface area (Å²) in [5.41, 5.74) is 1.25. The number of halogens is 1. The Morgan fingerprint density at radius 3 is 3.00 bits per heavy atom. The summed E-state index contributed by atoms with van der Waals surface area (Å²) in [7, 11) is 0. The predicted octanol–water partition coefficient (Wildman–Crippen LogP) is 1.35. The van der Waals surface area contributed by atoms with E-state index in [0.29, 0.717) is 11.0 Å². The van der Waals surface area contributed by atoms with Crippen LogP contribution in [0.3, 0.4) is 0 Å². The van der Waals surface area contributed by atoms with Crippen LogP contribution in [0.4, 0.5) is 4.79 Å². The minimum Gasteiger partial charge on any atom is -0.362 e. The maximum Gasteiger partial charge on any atom is 0.545 e. The topological polar surface area (TPSA) is 66.2 Å². The lowest BCUT2D eigenvalue weighted by Crippen LogP contribution is -2.19. The van der Waals surface area contributed by atoms with E-state index in [1.807, 2.05) is 6.07 Å². The summed E-state index contributed by atoms with van der Waals surface area (Å²) >= 11 is 1.43. The lowest BCUT2D eigenvalue weighted by molar-refractivity contribution is 0.0896. The minimum atomic E-state index is -0.846. The number of benzene rings is 1. The van der Waals surface area contributed by atoms with Crippen molar-refractivity contribution in [2.75, 3.05) is 0 Å². The van der Waals surface area contributed by atoms with Gasteiger partial charge in [-0.25, -0.2) is 4.79 Å². The van der Waals surface area contributed by atoms with Crippen molar-refractivity contribution in [3.63, 3.8) is 0 Å². The Labute approximate surface area is 92.4 Å². The molecule has 1 aromatic carbocycles. The van der Waals surface area contributed by atoms with Gasteiger partial charge >= 0.3 is 6.16 Å². The first-order valence-electron chi connectivity index (χ1n) is 3.62. The molecule has 2 rings (SSSR count). The van der Waals surface area contributed by atoms with E-state index in [1.165, 1.54) is 23.0 Å². The lowest BCUT2D eigenvalue weighted by atomic mass is 10.3. The summed E-state index contributed by atoms with van der Waals surface area (Å²) < 4.78 is 4.29. The van der Waals surface area contributed by atoms with E-state index in [2.05, 4.69) is 13.4 Å². The molecule has 0 bridgehead atoms. The van der Waals surface area contributed by atoms with E-state index >= 15 is 0 Å². The van der Waals surface area contributed by atoms with Gasteiger partial charge in [-0.15, -0.1) is 5.10 Å². The summed E-state index contributed by atoms with van der Waals surface area (Å²) in [6, 6.07) is 7.10. The standard InChI is InChI=1S/C7H4IN3O3/c8-13-7(12)14-11-6-4-2-1-3-5(6)9-10-11/h1-4H. The normalized spacial score (nSPS) is 10.1. The fraction of sp³-hybridized carbons (Fsp3) is 0. The van der Waals surface area contributed by atoms with Crippen LogP contribution < -0.4 is 4.84 Å². The van der Waals surface area contributed by atoms with Crippen molar-refractivity contribution in [2.45, 2.75) is 0 Å². The third-order valence-corrected chi connectivity index (χ3v) is 1.91. The third kappa shape index (κ3) is 1.62. The maximum atomic E-state index is 10.8. The second-order valence-corrected chi connectivity index (χ2v) is 2.81. The van der Waals surface area contributed by atoms with Crippen molar-refractivity contribution in [3.8, 4) is 0 Å². The molecule has 0 spiro atoms. The molecule has 0 unspecified atom stereocenters. The molecule has 0 amide bonds. The summed E-state index contributed by atoms with van der Waals surface area (Å²) in [5.74, 6) is 0. The van der Waals surface area contributed by atoms with Gasteiger partial charge < -0.3 is 3.07 Å². The van der Waals surface area contributed by atoms with E-state index in [0.717, 1.165) is 4.85 Å². The van der Waals surface area contributed by atoms with Crippen molar-refractivity contribution in [1.82, 2.24) is 15.2 Å². The van der Waals surface area contributed by atoms with Crippen LogP contribution in [-0.4, -0.2) is 21.3 Å². The first kappa shape index (κ1) is 9.19. The first-order valence-corrected chi connectivity index (χ1v) is 4.50. The van der Waals surface area contributed by atoms with Crippen LogP contribution in [-0.2, 0) is 3.07 Å². The zero-order chi connectivity index (χ0) is 9.97. The molecule has 0 radical (unpaired) electrons. The number of nitrogens with zero attached hydrogens (tertiary/aromatic N) is 3. The Morgan fingerprint density at radius 2 is 2.21 bits per heavy atom. The van der Waals surface area contributed by atoms with Gasteiger partial charge in [0, 0.05) is 0 Å². The van der Waals surface area contributed by atoms with Gasteiger partial charge in [0.05, 0.1) is 0 Å². The van der Waals surface area contributed by atoms with Gasteiger partial charge in [0.2, 0.25) is 0 Å². The monoisotopic (exact) mass is 305 g/mol. The molecular weight excluding hydrogens is 301 g/mol. The number of hydrogen-bond acceptors (Lipinski definition) is 5. The van der Waals surface area contributed by atoms with E-state index < -0.39 is 6.16 Å². The van der Waals surface area contributed by atoms with E-state index in [1.54, 1.807) is 18.2 Å². The Bertz CT molecular complexity index is 470. The average molecular weight is 305 g/mol. The van der Waals surface area contributed by atoms with Gasteiger partial charge in [0.1, 0.15) is 11.0 Å². The van der Waals surface area contributed by atoms with Crippen molar-refractivity contribution < 1.29 is 12.7 Å². The van der Waals surface area contributed by atoms with Crippen LogP contribution in [0.25, 0.3) is 11.0 Å². The molecule has 1 aromatic heterocycles. The summed E-state index contributed by atoms with van der Waals surface area (Å²) in [6.07, 6.45) is -0.846. The Kier molecular flexibility index (Phi) is 2.48. The fourth-order valence-corrected chi connectivity index (χ4v) is 1.08. The van der Waals surface area contributed by atoms with E-state index in [4.69, 9.17) is 4.84 Å². The molecule has 7 heteroatoms. The van der Waals surface area contributed by atoms with Crippen LogP contribution in [0.2, 0.25) is 0 Å². The summed E-state index contributed by atoms with van der Waals surface area (Å²) in [6.45, 7) is 0. The molecule has 0 aliphatic rings. The van der Waals surface area contributed by atoms with Crippen molar-refractivity contribution >= 4 is 40.2 Å². The van der Waals surface area contributed by atoms with Gasteiger partial charge in [-0.3, -0.25) is 4.84 Å².